The van der Waals surface area contributed by atoms with Gasteiger partial charge in [0.15, 0.2) is 0 Å². The summed E-state index contributed by atoms with van der Waals surface area (Å²) in [6, 6.07) is 16.3. The first-order valence-corrected chi connectivity index (χ1v) is 12.3. The molecule has 6 nitrogen and oxygen atoms in total. The fourth-order valence-electron chi connectivity index (χ4n) is 6.15. The molecule has 3 heterocycles. The van der Waals surface area contributed by atoms with E-state index in [0.717, 1.165) is 60.9 Å². The molecule has 0 radical (unpaired) electrons. The Kier molecular flexibility index (Phi) is 5.03. The number of nitrogens with zero attached hydrogens (tertiary/aromatic N) is 2. The van der Waals surface area contributed by atoms with Crippen LogP contribution in [0.1, 0.15) is 53.9 Å². The minimum atomic E-state index is -0.908. The van der Waals surface area contributed by atoms with Gasteiger partial charge in [-0.15, -0.1) is 0 Å². The lowest BCUT2D eigenvalue weighted by atomic mass is 9.88. The summed E-state index contributed by atoms with van der Waals surface area (Å²) in [4.78, 5) is 26.0. The Morgan fingerprint density at radius 2 is 1.82 bits per heavy atom. The van der Waals surface area contributed by atoms with Crippen LogP contribution in [0.5, 0.6) is 0 Å². The summed E-state index contributed by atoms with van der Waals surface area (Å²) in [5.74, 6) is -0.138. The van der Waals surface area contributed by atoms with Gasteiger partial charge in [0.2, 0.25) is 0 Å². The van der Waals surface area contributed by atoms with Gasteiger partial charge in [-0.25, -0.2) is 4.79 Å². The SMILES string of the molecule is Cn1c(-c2ccc([C@H]3CC34CCN(C(=O)[C@H]3CCCO3)CC4)cc2)cc2ccc(C(=O)O)cc21. The molecule has 1 saturated carbocycles. The Hall–Kier alpha value is -3.12. The van der Waals surface area contributed by atoms with Gasteiger partial charge in [0.1, 0.15) is 6.10 Å². The molecular weight excluding hydrogens is 428 g/mol. The number of amides is 1. The van der Waals surface area contributed by atoms with E-state index >= 15 is 0 Å². The minimum Gasteiger partial charge on any atom is -0.478 e. The summed E-state index contributed by atoms with van der Waals surface area (Å²) in [5, 5.41) is 10.3. The van der Waals surface area contributed by atoms with Crippen molar-refractivity contribution < 1.29 is 19.4 Å². The molecule has 1 amide bonds. The number of aromatic carboxylic acids is 1. The van der Waals surface area contributed by atoms with Gasteiger partial charge in [0.05, 0.1) is 5.56 Å². The van der Waals surface area contributed by atoms with Crippen molar-refractivity contribution in [3.63, 3.8) is 0 Å². The van der Waals surface area contributed by atoms with Gasteiger partial charge in [0.25, 0.3) is 5.91 Å². The van der Waals surface area contributed by atoms with E-state index in [1.54, 1.807) is 12.1 Å². The van der Waals surface area contributed by atoms with Crippen LogP contribution in [0.25, 0.3) is 22.2 Å². The number of likely N-dealkylation sites (tertiary alicyclic amines) is 1. The highest BCUT2D eigenvalue weighted by atomic mass is 16.5. The Labute approximate surface area is 199 Å². The van der Waals surface area contributed by atoms with Crippen LogP contribution < -0.4 is 0 Å². The largest absolute Gasteiger partial charge is 0.478 e. The van der Waals surface area contributed by atoms with Crippen molar-refractivity contribution in [1.82, 2.24) is 9.47 Å². The summed E-state index contributed by atoms with van der Waals surface area (Å²) in [6.07, 6.45) is 5.02. The molecule has 0 unspecified atom stereocenters. The first-order chi connectivity index (χ1) is 16.4. The topological polar surface area (TPSA) is 71.8 Å². The van der Waals surface area contributed by atoms with Gasteiger partial charge in [-0.05, 0) is 72.8 Å². The van der Waals surface area contributed by atoms with Crippen LogP contribution in [0.3, 0.4) is 0 Å². The van der Waals surface area contributed by atoms with Crippen LogP contribution in [0.15, 0.2) is 48.5 Å². The second-order valence-corrected chi connectivity index (χ2v) is 10.2. The Bertz CT molecular complexity index is 1260. The van der Waals surface area contributed by atoms with Gasteiger partial charge >= 0.3 is 5.97 Å². The van der Waals surface area contributed by atoms with Crippen molar-refractivity contribution >= 4 is 22.8 Å². The number of rotatable bonds is 4. The fraction of sp³-hybridized carbons (Fsp3) is 0.429. The van der Waals surface area contributed by atoms with Crippen molar-refractivity contribution in [2.75, 3.05) is 19.7 Å². The number of carboxylic acid groups (broad SMARTS) is 1. The normalized spacial score (nSPS) is 23.5. The standard InChI is InChI=1S/C28H30N2O4/c1-29-23(15-20-8-9-21(27(32)33)16-24(20)29)19-6-4-18(5-7-19)22-17-28(22)10-12-30(13-11-28)26(31)25-3-2-14-34-25/h4-9,15-16,22,25H,2-3,10-14,17H2,1H3,(H,32,33)/t22-,25-/m1/s1. The zero-order chi connectivity index (χ0) is 23.4. The maximum atomic E-state index is 12.7. The first kappa shape index (κ1) is 21.4. The summed E-state index contributed by atoms with van der Waals surface area (Å²) in [5.41, 5.74) is 5.17. The Morgan fingerprint density at radius 3 is 2.50 bits per heavy atom. The molecule has 1 aliphatic carbocycles. The highest BCUT2D eigenvalue weighted by Gasteiger charge is 2.55. The van der Waals surface area contributed by atoms with Crippen molar-refractivity contribution in [2.45, 2.75) is 44.1 Å². The number of aromatic nitrogens is 1. The average Bonchev–Trinajstić information content (AvgIpc) is 3.18. The van der Waals surface area contributed by atoms with E-state index in [1.165, 1.54) is 12.0 Å². The molecule has 2 aliphatic heterocycles. The van der Waals surface area contributed by atoms with Gasteiger partial charge in [-0.2, -0.15) is 0 Å². The number of aryl methyl sites for hydroxylation is 1. The summed E-state index contributed by atoms with van der Waals surface area (Å²) in [7, 11) is 1.98. The minimum absolute atomic E-state index is 0.194. The second-order valence-electron chi connectivity index (χ2n) is 10.2. The molecule has 1 spiro atoms. The van der Waals surface area contributed by atoms with E-state index in [9.17, 15) is 14.7 Å². The van der Waals surface area contributed by atoms with E-state index < -0.39 is 5.97 Å². The third kappa shape index (κ3) is 3.52. The molecular formula is C28H30N2O4. The quantitative estimate of drug-likeness (QED) is 0.609. The first-order valence-electron chi connectivity index (χ1n) is 12.3. The van der Waals surface area contributed by atoms with Gasteiger partial charge in [0, 0.05) is 43.3 Å². The predicted molar refractivity (Wildman–Crippen MR) is 130 cm³/mol. The predicted octanol–water partition coefficient (Wildman–Crippen LogP) is 4.82. The van der Waals surface area contributed by atoms with Crippen LogP contribution in [-0.4, -0.2) is 52.3 Å². The van der Waals surface area contributed by atoms with Crippen LogP contribution in [0.2, 0.25) is 0 Å². The maximum absolute atomic E-state index is 12.7. The molecule has 2 saturated heterocycles. The van der Waals surface area contributed by atoms with Crippen LogP contribution in [0, 0.1) is 5.41 Å². The molecule has 1 N–H and O–H groups in total. The van der Waals surface area contributed by atoms with Gasteiger partial charge in [-0.3, -0.25) is 4.79 Å². The Balaban J connectivity index is 1.15. The lowest BCUT2D eigenvalue weighted by Crippen LogP contribution is -2.44. The molecule has 0 bridgehead atoms. The summed E-state index contributed by atoms with van der Waals surface area (Å²) < 4.78 is 7.66. The lowest BCUT2D eigenvalue weighted by molar-refractivity contribution is -0.142. The molecule has 34 heavy (non-hydrogen) atoms. The maximum Gasteiger partial charge on any atom is 0.335 e. The van der Waals surface area contributed by atoms with Crippen molar-refractivity contribution in [3.05, 3.63) is 59.7 Å². The Morgan fingerprint density at radius 1 is 1.06 bits per heavy atom. The molecule has 6 heteroatoms. The highest BCUT2D eigenvalue weighted by Crippen LogP contribution is 2.65. The van der Waals surface area contributed by atoms with Crippen LogP contribution in [0.4, 0.5) is 0 Å². The molecule has 6 rings (SSSR count). The number of carbonyl (C=O) groups excluding carboxylic acids is 1. The number of hydrogen-bond donors (Lipinski definition) is 1. The third-order valence-electron chi connectivity index (χ3n) is 8.37. The summed E-state index contributed by atoms with van der Waals surface area (Å²) >= 11 is 0. The molecule has 3 fully saturated rings. The molecule has 2 aromatic carbocycles. The summed E-state index contributed by atoms with van der Waals surface area (Å²) in [6.45, 7) is 2.41. The van der Waals surface area contributed by atoms with Crippen molar-refractivity contribution in [3.8, 4) is 11.3 Å². The molecule has 1 aromatic heterocycles. The van der Waals surface area contributed by atoms with Crippen molar-refractivity contribution in [2.24, 2.45) is 12.5 Å². The number of hydrogen-bond acceptors (Lipinski definition) is 3. The number of carbonyl (C=O) groups is 2. The molecule has 2 atom stereocenters. The van der Waals surface area contributed by atoms with E-state index in [-0.39, 0.29) is 12.0 Å². The average molecular weight is 459 g/mol. The second kappa shape index (κ2) is 7.98. The number of ether oxygens (including phenoxy) is 1. The monoisotopic (exact) mass is 458 g/mol. The van der Waals surface area contributed by atoms with Gasteiger partial charge in [-0.1, -0.05) is 30.3 Å². The zero-order valence-electron chi connectivity index (χ0n) is 19.5. The number of benzene rings is 2. The number of fused-ring (bicyclic) bond motifs is 1. The fourth-order valence-corrected chi connectivity index (χ4v) is 6.15. The van der Waals surface area contributed by atoms with E-state index in [2.05, 4.69) is 34.9 Å². The van der Waals surface area contributed by atoms with E-state index in [0.29, 0.717) is 23.5 Å². The lowest BCUT2D eigenvalue weighted by Gasteiger charge is -2.34. The smallest absolute Gasteiger partial charge is 0.335 e. The van der Waals surface area contributed by atoms with Crippen LogP contribution >= 0.6 is 0 Å². The zero-order valence-corrected chi connectivity index (χ0v) is 19.5. The van der Waals surface area contributed by atoms with Crippen molar-refractivity contribution in [1.29, 1.82) is 0 Å². The third-order valence-corrected chi connectivity index (χ3v) is 8.37. The van der Waals surface area contributed by atoms with E-state index in [1.807, 2.05) is 18.0 Å². The molecule has 176 valence electrons. The van der Waals surface area contributed by atoms with E-state index in [4.69, 9.17) is 4.74 Å². The highest BCUT2D eigenvalue weighted by molar-refractivity contribution is 5.95. The van der Waals surface area contributed by atoms with Gasteiger partial charge < -0.3 is 19.3 Å². The number of carboxylic acids is 1. The molecule has 3 aliphatic rings. The van der Waals surface area contributed by atoms with Crippen LogP contribution in [-0.2, 0) is 16.6 Å². The molecule has 3 aromatic rings. The number of piperidine rings is 1.